The lowest BCUT2D eigenvalue weighted by atomic mass is 10.2. The molecule has 0 aliphatic carbocycles. The van der Waals surface area contributed by atoms with E-state index in [4.69, 9.17) is 0 Å². The van der Waals surface area contributed by atoms with Gasteiger partial charge in [-0.15, -0.1) is 0 Å². The van der Waals surface area contributed by atoms with Crippen molar-refractivity contribution in [3.05, 3.63) is 46.8 Å². The molecule has 5 nitrogen and oxygen atoms in total. The molecule has 0 spiro atoms. The lowest BCUT2D eigenvalue weighted by Gasteiger charge is -2.09. The van der Waals surface area contributed by atoms with E-state index in [1.807, 2.05) is 0 Å². The molecule has 0 aliphatic heterocycles. The lowest BCUT2D eigenvalue weighted by Crippen LogP contribution is -2.15. The molecule has 2 rings (SSSR count). The van der Waals surface area contributed by atoms with Crippen LogP contribution in [-0.2, 0) is 0 Å². The SMILES string of the molecule is Cc1ncnc(C(=O)Oc2c(F)c(F)c(F)c(F)c2F)c1O. The predicted octanol–water partition coefficient (Wildman–Crippen LogP) is 2.41. The van der Waals surface area contributed by atoms with Gasteiger partial charge in [0.2, 0.25) is 34.8 Å². The van der Waals surface area contributed by atoms with Crippen molar-refractivity contribution < 1.29 is 36.6 Å². The summed E-state index contributed by atoms with van der Waals surface area (Å²) in [4.78, 5) is 18.5. The number of ether oxygens (including phenoxy) is 1. The largest absolute Gasteiger partial charge is 0.504 e. The average Bonchev–Trinajstić information content (AvgIpc) is 2.50. The lowest BCUT2D eigenvalue weighted by molar-refractivity contribution is 0.0705. The minimum atomic E-state index is -2.39. The van der Waals surface area contributed by atoms with Crippen molar-refractivity contribution in [2.24, 2.45) is 0 Å². The minimum absolute atomic E-state index is 0.0561. The first kappa shape index (κ1) is 15.6. The highest BCUT2D eigenvalue weighted by molar-refractivity contribution is 5.91. The molecular weight excluding hydrogens is 315 g/mol. The highest BCUT2D eigenvalue weighted by atomic mass is 19.2. The van der Waals surface area contributed by atoms with Crippen LogP contribution in [0.15, 0.2) is 6.33 Å². The van der Waals surface area contributed by atoms with Gasteiger partial charge in [0.15, 0.2) is 11.4 Å². The van der Waals surface area contributed by atoms with Crippen molar-refractivity contribution in [3.63, 3.8) is 0 Å². The summed E-state index contributed by atoms with van der Waals surface area (Å²) in [6.45, 7) is 1.28. The van der Waals surface area contributed by atoms with E-state index in [0.29, 0.717) is 0 Å². The number of aryl methyl sites for hydroxylation is 1. The zero-order chi connectivity index (χ0) is 16.6. The molecule has 0 fully saturated rings. The number of nitrogens with zero attached hydrogens (tertiary/aromatic N) is 2. The Labute approximate surface area is 119 Å². The number of hydrogen-bond donors (Lipinski definition) is 1. The van der Waals surface area contributed by atoms with E-state index in [2.05, 4.69) is 14.7 Å². The summed E-state index contributed by atoms with van der Waals surface area (Å²) in [5.74, 6) is -15.8. The zero-order valence-corrected chi connectivity index (χ0v) is 10.6. The van der Waals surface area contributed by atoms with E-state index in [1.54, 1.807) is 0 Å². The molecule has 0 unspecified atom stereocenters. The van der Waals surface area contributed by atoms with Gasteiger partial charge in [-0.05, 0) is 6.92 Å². The summed E-state index contributed by atoms with van der Waals surface area (Å²) in [5, 5.41) is 9.52. The van der Waals surface area contributed by atoms with Crippen LogP contribution in [0.4, 0.5) is 22.0 Å². The second-order valence-corrected chi connectivity index (χ2v) is 3.94. The minimum Gasteiger partial charge on any atom is -0.504 e. The van der Waals surface area contributed by atoms with Crippen molar-refractivity contribution in [2.75, 3.05) is 0 Å². The van der Waals surface area contributed by atoms with Gasteiger partial charge >= 0.3 is 5.97 Å². The molecule has 0 saturated carbocycles. The second kappa shape index (κ2) is 5.54. The molecule has 0 saturated heterocycles. The van der Waals surface area contributed by atoms with Gasteiger partial charge in [0.05, 0.1) is 5.69 Å². The number of benzene rings is 1. The third-order valence-electron chi connectivity index (χ3n) is 2.56. The standard InChI is InChI=1S/C12H5F5N2O3/c1-3-10(20)9(19-2-18-3)12(21)22-11-7(16)5(14)4(13)6(15)8(11)17/h2,20H,1H3. The van der Waals surface area contributed by atoms with Gasteiger partial charge in [0.25, 0.3) is 0 Å². The van der Waals surface area contributed by atoms with E-state index in [1.165, 1.54) is 6.92 Å². The summed E-state index contributed by atoms with van der Waals surface area (Å²) >= 11 is 0. The summed E-state index contributed by atoms with van der Waals surface area (Å²) in [7, 11) is 0. The number of rotatable bonds is 2. The number of carbonyl (C=O) groups excluding carboxylic acids is 1. The van der Waals surface area contributed by atoms with Crippen molar-refractivity contribution in [1.82, 2.24) is 9.97 Å². The number of hydrogen-bond acceptors (Lipinski definition) is 5. The predicted molar refractivity (Wildman–Crippen MR) is 59.6 cm³/mol. The van der Waals surface area contributed by atoms with Crippen molar-refractivity contribution in [2.45, 2.75) is 6.92 Å². The van der Waals surface area contributed by atoms with Gasteiger partial charge in [-0.25, -0.2) is 27.9 Å². The van der Waals surface area contributed by atoms with E-state index in [-0.39, 0.29) is 5.69 Å². The molecule has 1 aromatic heterocycles. The summed E-state index contributed by atoms with van der Waals surface area (Å²) in [5.41, 5.74) is -0.851. The van der Waals surface area contributed by atoms with Crippen LogP contribution in [0.5, 0.6) is 11.5 Å². The van der Waals surface area contributed by atoms with Gasteiger partial charge in [0.1, 0.15) is 6.33 Å². The molecule has 116 valence electrons. The summed E-state index contributed by atoms with van der Waals surface area (Å²) < 4.78 is 69.6. The van der Waals surface area contributed by atoms with Crippen LogP contribution in [0.3, 0.4) is 0 Å². The van der Waals surface area contributed by atoms with Crippen molar-refractivity contribution in [3.8, 4) is 11.5 Å². The van der Waals surface area contributed by atoms with Crippen LogP contribution in [0.1, 0.15) is 16.2 Å². The Morgan fingerprint density at radius 3 is 2.05 bits per heavy atom. The first-order valence-electron chi connectivity index (χ1n) is 5.49. The van der Waals surface area contributed by atoms with Gasteiger partial charge in [0, 0.05) is 0 Å². The molecule has 22 heavy (non-hydrogen) atoms. The fourth-order valence-electron chi connectivity index (χ4n) is 1.43. The van der Waals surface area contributed by atoms with E-state index < -0.39 is 52.2 Å². The highest BCUT2D eigenvalue weighted by Gasteiger charge is 2.30. The van der Waals surface area contributed by atoms with Crippen LogP contribution in [0, 0.1) is 36.0 Å². The molecule has 0 amide bonds. The van der Waals surface area contributed by atoms with Crippen LogP contribution in [0.25, 0.3) is 0 Å². The van der Waals surface area contributed by atoms with Crippen molar-refractivity contribution >= 4 is 5.97 Å². The highest BCUT2D eigenvalue weighted by Crippen LogP contribution is 2.30. The molecule has 2 aromatic rings. The number of aromatic nitrogens is 2. The van der Waals surface area contributed by atoms with Gasteiger partial charge in [-0.3, -0.25) is 0 Å². The molecule has 0 aliphatic rings. The Balaban J connectivity index is 2.48. The Morgan fingerprint density at radius 1 is 1.00 bits per heavy atom. The maximum absolute atomic E-state index is 13.4. The third-order valence-corrected chi connectivity index (χ3v) is 2.56. The summed E-state index contributed by atoms with van der Waals surface area (Å²) in [6, 6.07) is 0. The summed E-state index contributed by atoms with van der Waals surface area (Å²) in [6.07, 6.45) is 0.837. The molecule has 0 atom stereocenters. The van der Waals surface area contributed by atoms with Gasteiger partial charge in [-0.2, -0.15) is 8.78 Å². The number of aromatic hydroxyl groups is 1. The average molecular weight is 320 g/mol. The molecule has 1 heterocycles. The van der Waals surface area contributed by atoms with Gasteiger partial charge < -0.3 is 9.84 Å². The zero-order valence-electron chi connectivity index (χ0n) is 10.6. The third kappa shape index (κ3) is 2.43. The molecule has 0 radical (unpaired) electrons. The number of halogens is 5. The first-order chi connectivity index (χ1) is 10.3. The Hall–Kier alpha value is -2.78. The topological polar surface area (TPSA) is 72.3 Å². The van der Waals surface area contributed by atoms with Gasteiger partial charge in [-0.1, -0.05) is 0 Å². The van der Waals surface area contributed by atoms with Crippen LogP contribution >= 0.6 is 0 Å². The molecule has 10 heteroatoms. The fraction of sp³-hybridized carbons (Fsp3) is 0.0833. The van der Waals surface area contributed by atoms with Crippen LogP contribution in [0.2, 0.25) is 0 Å². The van der Waals surface area contributed by atoms with Crippen molar-refractivity contribution in [1.29, 1.82) is 0 Å². The Bertz CT molecular complexity index is 753. The van der Waals surface area contributed by atoms with Crippen LogP contribution in [-0.4, -0.2) is 21.0 Å². The Kier molecular flexibility index (Phi) is 3.93. The van der Waals surface area contributed by atoms with Crippen LogP contribution < -0.4 is 4.74 Å². The maximum atomic E-state index is 13.4. The fourth-order valence-corrected chi connectivity index (χ4v) is 1.43. The normalized spacial score (nSPS) is 10.6. The monoisotopic (exact) mass is 320 g/mol. The number of esters is 1. The van der Waals surface area contributed by atoms with E-state index in [0.717, 1.165) is 6.33 Å². The smallest absolute Gasteiger partial charge is 0.366 e. The Morgan fingerprint density at radius 2 is 1.50 bits per heavy atom. The second-order valence-electron chi connectivity index (χ2n) is 3.94. The molecule has 1 N–H and O–H groups in total. The van der Waals surface area contributed by atoms with E-state index >= 15 is 0 Å². The quantitative estimate of drug-likeness (QED) is 0.302. The van der Waals surface area contributed by atoms with E-state index in [9.17, 15) is 31.9 Å². The number of carbonyl (C=O) groups is 1. The maximum Gasteiger partial charge on any atom is 0.366 e. The molecule has 1 aromatic carbocycles. The first-order valence-corrected chi connectivity index (χ1v) is 5.49. The molecular formula is C12H5F5N2O3. The molecule has 0 bridgehead atoms.